The second-order valence-corrected chi connectivity index (χ2v) is 4.90. The Morgan fingerprint density at radius 3 is 2.94 bits per heavy atom. The number of aromatic nitrogens is 1. The van der Waals surface area contributed by atoms with E-state index in [0.29, 0.717) is 16.7 Å². The zero-order valence-electron chi connectivity index (χ0n) is 9.66. The van der Waals surface area contributed by atoms with Crippen LogP contribution < -0.4 is 5.32 Å². The topological polar surface area (TPSA) is 45.2 Å². The van der Waals surface area contributed by atoms with E-state index < -0.39 is 0 Å². The average molecular weight is 298 g/mol. The van der Waals surface area contributed by atoms with Gasteiger partial charge in [0.15, 0.2) is 0 Å². The summed E-state index contributed by atoms with van der Waals surface area (Å²) in [5.74, 6) is -0.0656. The molecule has 0 spiro atoms. The Morgan fingerprint density at radius 2 is 2.24 bits per heavy atom. The van der Waals surface area contributed by atoms with E-state index in [2.05, 4.69) is 31.1 Å². The van der Waals surface area contributed by atoms with Gasteiger partial charge in [-0.1, -0.05) is 0 Å². The molecule has 1 fully saturated rings. The van der Waals surface area contributed by atoms with Crippen molar-refractivity contribution in [1.29, 1.82) is 0 Å². The lowest BCUT2D eigenvalue weighted by Crippen LogP contribution is -2.33. The van der Waals surface area contributed by atoms with E-state index in [-0.39, 0.29) is 5.91 Å². The summed E-state index contributed by atoms with van der Waals surface area (Å²) in [7, 11) is 0. The van der Waals surface area contributed by atoms with Gasteiger partial charge >= 0.3 is 0 Å². The summed E-state index contributed by atoms with van der Waals surface area (Å²) < 4.78 is 0.596. The second kappa shape index (κ2) is 6.12. The molecule has 5 heteroatoms. The third-order valence-corrected chi connectivity index (χ3v) is 3.55. The predicted molar refractivity (Wildman–Crippen MR) is 69.9 cm³/mol. The molecule has 0 radical (unpaired) electrons. The van der Waals surface area contributed by atoms with Crippen molar-refractivity contribution in [2.24, 2.45) is 0 Å². The van der Waals surface area contributed by atoms with Crippen molar-refractivity contribution >= 4 is 21.8 Å². The van der Waals surface area contributed by atoms with Gasteiger partial charge in [-0.05, 0) is 54.0 Å². The monoisotopic (exact) mass is 297 g/mol. The van der Waals surface area contributed by atoms with Gasteiger partial charge in [-0.15, -0.1) is 0 Å². The van der Waals surface area contributed by atoms with Crippen molar-refractivity contribution in [3.8, 4) is 0 Å². The number of nitrogens with one attached hydrogen (secondary N) is 1. The van der Waals surface area contributed by atoms with Crippen LogP contribution in [0.1, 0.15) is 23.2 Å². The highest BCUT2D eigenvalue weighted by Crippen LogP contribution is 2.12. The highest BCUT2D eigenvalue weighted by Gasteiger charge is 2.13. The Balaban J connectivity index is 1.79. The molecule has 4 nitrogen and oxygen atoms in total. The molecule has 1 N–H and O–H groups in total. The molecule has 1 aliphatic heterocycles. The molecule has 0 saturated carbocycles. The van der Waals surface area contributed by atoms with Gasteiger partial charge in [0.25, 0.3) is 5.91 Å². The molecule has 0 aliphatic carbocycles. The quantitative estimate of drug-likeness (QED) is 0.860. The Morgan fingerprint density at radius 1 is 1.47 bits per heavy atom. The molecule has 1 aromatic rings. The molecule has 0 atom stereocenters. The first-order chi connectivity index (χ1) is 8.27. The van der Waals surface area contributed by atoms with Crippen molar-refractivity contribution in [3.05, 3.63) is 28.5 Å². The number of likely N-dealkylation sites (tertiary alicyclic amines) is 1. The molecule has 2 heterocycles. The van der Waals surface area contributed by atoms with Gasteiger partial charge in [-0.2, -0.15) is 0 Å². The Hall–Kier alpha value is -0.940. The fourth-order valence-electron chi connectivity index (χ4n) is 1.98. The van der Waals surface area contributed by atoms with Crippen LogP contribution in [0.5, 0.6) is 0 Å². The predicted octanol–water partition coefficient (Wildman–Crippen LogP) is 1.67. The summed E-state index contributed by atoms with van der Waals surface area (Å²) in [5, 5.41) is 2.92. The Bertz CT molecular complexity index is 391. The number of amides is 1. The number of carbonyl (C=O) groups is 1. The lowest BCUT2D eigenvalue weighted by molar-refractivity contribution is 0.0948. The van der Waals surface area contributed by atoms with Gasteiger partial charge in [-0.25, -0.2) is 4.98 Å². The molecular formula is C12H16BrN3O. The van der Waals surface area contributed by atoms with Crippen LogP contribution in [-0.2, 0) is 0 Å². The minimum absolute atomic E-state index is 0.0656. The fourth-order valence-corrected chi connectivity index (χ4v) is 2.41. The van der Waals surface area contributed by atoms with Gasteiger partial charge in [0.2, 0.25) is 0 Å². The molecule has 0 unspecified atom stereocenters. The van der Waals surface area contributed by atoms with Crippen LogP contribution in [-0.4, -0.2) is 42.0 Å². The van der Waals surface area contributed by atoms with Gasteiger partial charge < -0.3 is 10.2 Å². The maximum atomic E-state index is 11.8. The number of carbonyl (C=O) groups excluding carboxylic acids is 1. The van der Waals surface area contributed by atoms with Gasteiger partial charge in [0.05, 0.1) is 5.56 Å². The zero-order chi connectivity index (χ0) is 12.1. The molecule has 1 amide bonds. The smallest absolute Gasteiger partial charge is 0.254 e. The largest absolute Gasteiger partial charge is 0.351 e. The molecule has 1 saturated heterocycles. The zero-order valence-corrected chi connectivity index (χ0v) is 11.2. The maximum Gasteiger partial charge on any atom is 0.254 e. The van der Waals surface area contributed by atoms with E-state index >= 15 is 0 Å². The number of pyridine rings is 1. The molecule has 1 aliphatic rings. The number of hydrogen-bond acceptors (Lipinski definition) is 3. The highest BCUT2D eigenvalue weighted by molar-refractivity contribution is 9.10. The molecular weight excluding hydrogens is 282 g/mol. The number of rotatable bonds is 4. The summed E-state index contributed by atoms with van der Waals surface area (Å²) in [4.78, 5) is 18.2. The van der Waals surface area contributed by atoms with Crippen LogP contribution in [0, 0.1) is 0 Å². The molecule has 2 rings (SSSR count). The minimum atomic E-state index is -0.0656. The molecule has 17 heavy (non-hydrogen) atoms. The summed E-state index contributed by atoms with van der Waals surface area (Å²) in [6.45, 7) is 3.95. The molecule has 0 aromatic carbocycles. The van der Waals surface area contributed by atoms with E-state index in [9.17, 15) is 4.79 Å². The SMILES string of the molecule is O=C(NCCN1CCCC1)c1cccnc1Br. The summed E-state index contributed by atoms with van der Waals surface area (Å²) >= 11 is 3.27. The van der Waals surface area contributed by atoms with E-state index in [1.165, 1.54) is 12.8 Å². The number of nitrogens with zero attached hydrogens (tertiary/aromatic N) is 2. The Labute approximate surface area is 110 Å². The first-order valence-electron chi connectivity index (χ1n) is 5.88. The summed E-state index contributed by atoms with van der Waals surface area (Å²) in [6, 6.07) is 3.53. The Kier molecular flexibility index (Phi) is 4.50. The number of halogens is 1. The summed E-state index contributed by atoms with van der Waals surface area (Å²) in [5.41, 5.74) is 0.592. The van der Waals surface area contributed by atoms with Crippen molar-refractivity contribution in [2.75, 3.05) is 26.2 Å². The van der Waals surface area contributed by atoms with Crippen LogP contribution in [0.3, 0.4) is 0 Å². The maximum absolute atomic E-state index is 11.8. The van der Waals surface area contributed by atoms with E-state index in [4.69, 9.17) is 0 Å². The van der Waals surface area contributed by atoms with Gasteiger partial charge in [0.1, 0.15) is 4.60 Å². The minimum Gasteiger partial charge on any atom is -0.351 e. The van der Waals surface area contributed by atoms with E-state index in [0.717, 1.165) is 19.6 Å². The molecule has 1 aromatic heterocycles. The fraction of sp³-hybridized carbons (Fsp3) is 0.500. The summed E-state index contributed by atoms with van der Waals surface area (Å²) in [6.07, 6.45) is 4.22. The third kappa shape index (κ3) is 3.51. The average Bonchev–Trinajstić information content (AvgIpc) is 2.82. The second-order valence-electron chi connectivity index (χ2n) is 4.15. The van der Waals surface area contributed by atoms with Crippen LogP contribution in [0.15, 0.2) is 22.9 Å². The molecule has 0 bridgehead atoms. The lowest BCUT2D eigenvalue weighted by Gasteiger charge is -2.14. The van der Waals surface area contributed by atoms with Crippen molar-refractivity contribution in [3.63, 3.8) is 0 Å². The van der Waals surface area contributed by atoms with Crippen LogP contribution in [0.25, 0.3) is 0 Å². The van der Waals surface area contributed by atoms with Gasteiger partial charge in [0, 0.05) is 19.3 Å². The van der Waals surface area contributed by atoms with Gasteiger partial charge in [-0.3, -0.25) is 4.79 Å². The first kappa shape index (κ1) is 12.5. The third-order valence-electron chi connectivity index (χ3n) is 2.92. The standard InChI is InChI=1S/C12H16BrN3O/c13-11-10(4-3-5-14-11)12(17)15-6-9-16-7-1-2-8-16/h3-5H,1-2,6-9H2,(H,15,17). The highest BCUT2D eigenvalue weighted by atomic mass is 79.9. The van der Waals surface area contributed by atoms with Crippen molar-refractivity contribution in [2.45, 2.75) is 12.8 Å². The van der Waals surface area contributed by atoms with Crippen molar-refractivity contribution in [1.82, 2.24) is 15.2 Å². The molecule has 92 valence electrons. The first-order valence-corrected chi connectivity index (χ1v) is 6.68. The van der Waals surface area contributed by atoms with Crippen LogP contribution in [0.4, 0.5) is 0 Å². The number of hydrogen-bond donors (Lipinski definition) is 1. The van der Waals surface area contributed by atoms with E-state index in [1.54, 1.807) is 18.3 Å². The van der Waals surface area contributed by atoms with Crippen LogP contribution >= 0.6 is 15.9 Å². The van der Waals surface area contributed by atoms with E-state index in [1.807, 2.05) is 0 Å². The van der Waals surface area contributed by atoms with Crippen molar-refractivity contribution < 1.29 is 4.79 Å². The van der Waals surface area contributed by atoms with Crippen LogP contribution in [0.2, 0.25) is 0 Å². The normalized spacial score (nSPS) is 16.1. The lowest BCUT2D eigenvalue weighted by atomic mass is 10.3.